The maximum Gasteiger partial charge on any atom is 0.222 e. The average molecular weight is 405 g/mol. The first kappa shape index (κ1) is 22.8. The lowest BCUT2D eigenvalue weighted by atomic mass is 10.2. The van der Waals surface area contributed by atoms with E-state index in [1.165, 1.54) is 0 Å². The topological polar surface area (TPSA) is 75.2 Å². The molecular formula is C22H36N4O3. The Kier molecular flexibility index (Phi) is 10.2. The van der Waals surface area contributed by atoms with Gasteiger partial charge in [-0.05, 0) is 50.8 Å². The summed E-state index contributed by atoms with van der Waals surface area (Å²) in [6, 6.07) is 5.89. The van der Waals surface area contributed by atoms with Gasteiger partial charge in [0.2, 0.25) is 5.91 Å². The first-order chi connectivity index (χ1) is 14.2. The highest BCUT2D eigenvalue weighted by Gasteiger charge is 2.15. The van der Waals surface area contributed by atoms with Crippen molar-refractivity contribution in [1.82, 2.24) is 15.5 Å². The first-order valence-corrected chi connectivity index (χ1v) is 10.8. The number of benzene rings is 1. The lowest BCUT2D eigenvalue weighted by Crippen LogP contribution is -2.39. The van der Waals surface area contributed by atoms with Gasteiger partial charge in [-0.15, -0.1) is 0 Å². The normalized spacial score (nSPS) is 15.1. The standard InChI is InChI=1S/C22H36N4O3/c1-4-23-22(24-13-9-15-26-14-8-6-7-10-21(26)27)25-17-18-11-12-19(29-5-2)20(16-18)28-3/h11-12,16H,4-10,13-15,17H2,1-3H3,(H2,23,24,25). The largest absolute Gasteiger partial charge is 0.493 e. The SMILES string of the molecule is CCNC(=NCc1ccc(OCC)c(OC)c1)NCCCN1CCCCCC1=O. The number of rotatable bonds is 10. The van der Waals surface area contributed by atoms with Crippen LogP contribution >= 0.6 is 0 Å². The Balaban J connectivity index is 1.85. The van der Waals surface area contributed by atoms with Crippen LogP contribution in [-0.2, 0) is 11.3 Å². The minimum absolute atomic E-state index is 0.299. The zero-order valence-electron chi connectivity index (χ0n) is 18.1. The van der Waals surface area contributed by atoms with Crippen LogP contribution in [0, 0.1) is 0 Å². The molecule has 1 saturated heterocycles. The van der Waals surface area contributed by atoms with E-state index in [9.17, 15) is 4.79 Å². The Labute approximate surface area is 174 Å². The van der Waals surface area contributed by atoms with Crippen LogP contribution in [-0.4, -0.2) is 56.7 Å². The zero-order valence-corrected chi connectivity index (χ0v) is 18.1. The van der Waals surface area contributed by atoms with Gasteiger partial charge in [0.15, 0.2) is 17.5 Å². The Morgan fingerprint density at radius 3 is 2.79 bits per heavy atom. The molecule has 0 unspecified atom stereocenters. The molecule has 0 radical (unpaired) electrons. The van der Waals surface area contributed by atoms with Crippen LogP contribution in [0.5, 0.6) is 11.5 Å². The molecule has 29 heavy (non-hydrogen) atoms. The second-order valence-corrected chi connectivity index (χ2v) is 7.09. The molecule has 1 aliphatic rings. The molecule has 1 aromatic carbocycles. The summed E-state index contributed by atoms with van der Waals surface area (Å²) in [4.78, 5) is 18.7. The van der Waals surface area contributed by atoms with Crippen molar-refractivity contribution in [2.45, 2.75) is 52.5 Å². The van der Waals surface area contributed by atoms with Crippen LogP contribution in [0.4, 0.5) is 0 Å². The highest BCUT2D eigenvalue weighted by molar-refractivity contribution is 5.79. The Hall–Kier alpha value is -2.44. The number of amides is 1. The van der Waals surface area contributed by atoms with Crippen LogP contribution in [0.15, 0.2) is 23.2 Å². The third kappa shape index (κ3) is 7.83. The summed E-state index contributed by atoms with van der Waals surface area (Å²) in [5.41, 5.74) is 1.05. The Bertz CT molecular complexity index is 663. The van der Waals surface area contributed by atoms with Gasteiger partial charge in [0.25, 0.3) is 0 Å². The summed E-state index contributed by atoms with van der Waals surface area (Å²) in [6.07, 6.45) is 4.92. The monoisotopic (exact) mass is 404 g/mol. The van der Waals surface area contributed by atoms with E-state index in [1.807, 2.05) is 36.9 Å². The van der Waals surface area contributed by atoms with E-state index in [1.54, 1.807) is 7.11 Å². The molecule has 0 aromatic heterocycles. The van der Waals surface area contributed by atoms with E-state index in [-0.39, 0.29) is 0 Å². The van der Waals surface area contributed by atoms with E-state index in [2.05, 4.69) is 15.6 Å². The summed E-state index contributed by atoms with van der Waals surface area (Å²) in [6.45, 7) is 8.43. The quantitative estimate of drug-likeness (QED) is 0.356. The average Bonchev–Trinajstić information content (AvgIpc) is 2.94. The molecule has 1 heterocycles. The van der Waals surface area contributed by atoms with Gasteiger partial charge in [-0.1, -0.05) is 12.5 Å². The number of nitrogens with one attached hydrogen (secondary N) is 2. The summed E-state index contributed by atoms with van der Waals surface area (Å²) in [5.74, 6) is 2.55. The van der Waals surface area contributed by atoms with Crippen LogP contribution in [0.1, 0.15) is 51.5 Å². The fourth-order valence-electron chi connectivity index (χ4n) is 3.35. The number of likely N-dealkylation sites (tertiary alicyclic amines) is 1. The Morgan fingerprint density at radius 2 is 2.03 bits per heavy atom. The predicted octanol–water partition coefficient (Wildman–Crippen LogP) is 2.94. The molecule has 0 aliphatic carbocycles. The molecule has 0 bridgehead atoms. The Morgan fingerprint density at radius 1 is 1.17 bits per heavy atom. The van der Waals surface area contributed by atoms with Crippen molar-refractivity contribution in [2.75, 3.05) is 39.9 Å². The van der Waals surface area contributed by atoms with Gasteiger partial charge >= 0.3 is 0 Å². The van der Waals surface area contributed by atoms with Crippen molar-refractivity contribution in [3.05, 3.63) is 23.8 Å². The molecule has 0 saturated carbocycles. The minimum Gasteiger partial charge on any atom is -0.493 e. The maximum absolute atomic E-state index is 12.1. The number of nitrogens with zero attached hydrogens (tertiary/aromatic N) is 2. The first-order valence-electron chi connectivity index (χ1n) is 10.8. The fraction of sp³-hybridized carbons (Fsp3) is 0.636. The van der Waals surface area contributed by atoms with Crippen molar-refractivity contribution in [3.63, 3.8) is 0 Å². The van der Waals surface area contributed by atoms with Crippen LogP contribution in [0.2, 0.25) is 0 Å². The molecule has 0 atom stereocenters. The molecule has 1 aromatic rings. The van der Waals surface area contributed by atoms with Gasteiger partial charge in [-0.25, -0.2) is 4.99 Å². The van der Waals surface area contributed by atoms with Crippen molar-refractivity contribution in [1.29, 1.82) is 0 Å². The van der Waals surface area contributed by atoms with Gasteiger partial charge in [0.1, 0.15) is 0 Å². The van der Waals surface area contributed by atoms with Crippen LogP contribution in [0.25, 0.3) is 0 Å². The van der Waals surface area contributed by atoms with Crippen molar-refractivity contribution >= 4 is 11.9 Å². The van der Waals surface area contributed by atoms with Crippen molar-refractivity contribution in [3.8, 4) is 11.5 Å². The minimum atomic E-state index is 0.299. The van der Waals surface area contributed by atoms with E-state index in [4.69, 9.17) is 9.47 Å². The van der Waals surface area contributed by atoms with Gasteiger partial charge < -0.3 is 25.0 Å². The molecule has 2 N–H and O–H groups in total. The number of guanidine groups is 1. The van der Waals surface area contributed by atoms with E-state index >= 15 is 0 Å². The highest BCUT2D eigenvalue weighted by atomic mass is 16.5. The molecule has 7 heteroatoms. The number of carbonyl (C=O) groups is 1. The predicted molar refractivity (Wildman–Crippen MR) is 117 cm³/mol. The number of ether oxygens (including phenoxy) is 2. The second kappa shape index (κ2) is 12.9. The van der Waals surface area contributed by atoms with Gasteiger partial charge in [-0.2, -0.15) is 0 Å². The van der Waals surface area contributed by atoms with Crippen molar-refractivity contribution in [2.24, 2.45) is 4.99 Å². The van der Waals surface area contributed by atoms with Gasteiger partial charge in [0.05, 0.1) is 20.3 Å². The molecule has 1 aliphatic heterocycles. The lowest BCUT2D eigenvalue weighted by Gasteiger charge is -2.20. The van der Waals surface area contributed by atoms with E-state index < -0.39 is 0 Å². The summed E-state index contributed by atoms with van der Waals surface area (Å²) in [5, 5.41) is 6.64. The number of methoxy groups -OCH3 is 1. The van der Waals surface area contributed by atoms with Gasteiger partial charge in [0, 0.05) is 32.6 Å². The lowest BCUT2D eigenvalue weighted by molar-refractivity contribution is -0.130. The molecular weight excluding hydrogens is 368 g/mol. The molecule has 7 nitrogen and oxygen atoms in total. The van der Waals surface area contributed by atoms with E-state index in [0.717, 1.165) is 74.9 Å². The number of aliphatic imine (C=N–C) groups is 1. The van der Waals surface area contributed by atoms with Gasteiger partial charge in [-0.3, -0.25) is 4.79 Å². The molecule has 1 amide bonds. The number of hydrogen-bond donors (Lipinski definition) is 2. The zero-order chi connectivity index (χ0) is 20.9. The van der Waals surface area contributed by atoms with Crippen molar-refractivity contribution < 1.29 is 14.3 Å². The number of carbonyl (C=O) groups excluding carboxylic acids is 1. The third-order valence-corrected chi connectivity index (χ3v) is 4.86. The molecule has 2 rings (SSSR count). The molecule has 162 valence electrons. The summed E-state index contributed by atoms with van der Waals surface area (Å²) >= 11 is 0. The smallest absolute Gasteiger partial charge is 0.222 e. The van der Waals surface area contributed by atoms with Crippen LogP contribution in [0.3, 0.4) is 0 Å². The molecule has 0 spiro atoms. The summed E-state index contributed by atoms with van der Waals surface area (Å²) < 4.78 is 11.0. The number of hydrogen-bond acceptors (Lipinski definition) is 4. The maximum atomic E-state index is 12.1. The third-order valence-electron chi connectivity index (χ3n) is 4.86. The second-order valence-electron chi connectivity index (χ2n) is 7.09. The fourth-order valence-corrected chi connectivity index (χ4v) is 3.35. The van der Waals surface area contributed by atoms with E-state index in [0.29, 0.717) is 25.5 Å². The summed E-state index contributed by atoms with van der Waals surface area (Å²) in [7, 11) is 1.64. The highest BCUT2D eigenvalue weighted by Crippen LogP contribution is 2.28. The van der Waals surface area contributed by atoms with Crippen LogP contribution < -0.4 is 20.1 Å². The molecule has 1 fully saturated rings.